The molecule has 2 aromatic rings. The van der Waals surface area contributed by atoms with E-state index in [9.17, 15) is 0 Å². The molecule has 2 aliphatic heterocycles. The second-order valence-electron chi connectivity index (χ2n) is 4.90. The van der Waals surface area contributed by atoms with E-state index in [1.165, 1.54) is 0 Å². The fourth-order valence-electron chi connectivity index (χ4n) is 3.21. The molecule has 4 heteroatoms. The molecule has 1 aliphatic carbocycles. The zero-order valence-corrected chi connectivity index (χ0v) is 11.3. The lowest BCUT2D eigenvalue weighted by molar-refractivity contribution is -0.516. The van der Waals surface area contributed by atoms with E-state index >= 15 is 0 Å². The fraction of sp³-hybridized carbons (Fsp3) is 0.250. The standard InChI is InChI=1S/C16H14O4/c1-17-15-11-7-3-5-9-13(11)16(18-2,20-19-15)14-10-6-4-8-12(14)15/h3-10H,1-2H3. The van der Waals surface area contributed by atoms with Gasteiger partial charge >= 0.3 is 0 Å². The number of benzene rings is 2. The molecule has 0 saturated carbocycles. The van der Waals surface area contributed by atoms with Crippen molar-refractivity contribution in [2.75, 3.05) is 14.2 Å². The van der Waals surface area contributed by atoms with Gasteiger partial charge in [-0.3, -0.25) is 0 Å². The predicted octanol–water partition coefficient (Wildman–Crippen LogP) is 2.66. The fourth-order valence-corrected chi connectivity index (χ4v) is 3.21. The molecule has 0 saturated heterocycles. The summed E-state index contributed by atoms with van der Waals surface area (Å²) in [6.45, 7) is 0. The highest BCUT2D eigenvalue weighted by Crippen LogP contribution is 2.56. The van der Waals surface area contributed by atoms with E-state index in [4.69, 9.17) is 19.2 Å². The molecule has 0 fully saturated rings. The number of ether oxygens (including phenoxy) is 2. The highest BCUT2D eigenvalue weighted by molar-refractivity contribution is 5.55. The third-order valence-corrected chi connectivity index (χ3v) is 4.12. The van der Waals surface area contributed by atoms with Crippen LogP contribution in [0.15, 0.2) is 48.5 Å². The molecule has 0 atom stereocenters. The van der Waals surface area contributed by atoms with Crippen molar-refractivity contribution in [3.63, 3.8) is 0 Å². The van der Waals surface area contributed by atoms with E-state index in [1.807, 2.05) is 48.5 Å². The van der Waals surface area contributed by atoms with E-state index in [-0.39, 0.29) is 0 Å². The van der Waals surface area contributed by atoms with Crippen LogP contribution in [0.4, 0.5) is 0 Å². The van der Waals surface area contributed by atoms with Crippen molar-refractivity contribution in [1.29, 1.82) is 0 Å². The minimum absolute atomic E-state index is 0.911. The summed E-state index contributed by atoms with van der Waals surface area (Å²) in [7, 11) is 3.23. The largest absolute Gasteiger partial charge is 0.344 e. The molecule has 2 heterocycles. The van der Waals surface area contributed by atoms with E-state index < -0.39 is 11.6 Å². The van der Waals surface area contributed by atoms with Crippen molar-refractivity contribution in [2.24, 2.45) is 0 Å². The van der Waals surface area contributed by atoms with E-state index in [2.05, 4.69) is 0 Å². The topological polar surface area (TPSA) is 36.9 Å². The first-order chi connectivity index (χ1) is 9.78. The summed E-state index contributed by atoms with van der Waals surface area (Å²) in [4.78, 5) is 11.2. The Morgan fingerprint density at radius 1 is 0.650 bits per heavy atom. The lowest BCUT2D eigenvalue weighted by atomic mass is 9.76. The molecule has 0 unspecified atom stereocenters. The lowest BCUT2D eigenvalue weighted by Crippen LogP contribution is -2.54. The molecule has 3 aliphatic rings. The van der Waals surface area contributed by atoms with Crippen molar-refractivity contribution in [3.8, 4) is 0 Å². The van der Waals surface area contributed by atoms with Crippen LogP contribution in [0.3, 0.4) is 0 Å². The Kier molecular flexibility index (Phi) is 2.35. The number of methoxy groups -OCH3 is 2. The second-order valence-corrected chi connectivity index (χ2v) is 4.90. The van der Waals surface area contributed by atoms with Gasteiger partial charge in [0.25, 0.3) is 11.6 Å². The van der Waals surface area contributed by atoms with Gasteiger partial charge < -0.3 is 9.47 Å². The SMILES string of the molecule is COC12OOC(OC)(c3ccccc31)c1ccccc12. The van der Waals surface area contributed by atoms with Gasteiger partial charge in [-0.25, -0.2) is 0 Å². The average Bonchev–Trinajstić information content (AvgIpc) is 2.55. The first-order valence-electron chi connectivity index (χ1n) is 6.45. The minimum Gasteiger partial charge on any atom is -0.344 e. The summed E-state index contributed by atoms with van der Waals surface area (Å²) in [5.41, 5.74) is 3.65. The molecule has 0 aromatic heterocycles. The van der Waals surface area contributed by atoms with Crippen molar-refractivity contribution >= 4 is 0 Å². The molecule has 0 amide bonds. The maximum atomic E-state index is 5.71. The summed E-state index contributed by atoms with van der Waals surface area (Å²) >= 11 is 0. The zero-order chi connectivity index (χ0) is 13.8. The van der Waals surface area contributed by atoms with E-state index in [0.717, 1.165) is 22.3 Å². The van der Waals surface area contributed by atoms with Gasteiger partial charge in [-0.05, 0) is 0 Å². The molecule has 2 aromatic carbocycles. The van der Waals surface area contributed by atoms with Crippen LogP contribution >= 0.6 is 0 Å². The minimum atomic E-state index is -1.03. The molecule has 5 rings (SSSR count). The van der Waals surface area contributed by atoms with Crippen molar-refractivity contribution in [1.82, 2.24) is 0 Å². The Hall–Kier alpha value is -1.72. The highest BCUT2D eigenvalue weighted by Gasteiger charge is 2.60. The van der Waals surface area contributed by atoms with Gasteiger partial charge in [0, 0.05) is 36.5 Å². The maximum Gasteiger partial charge on any atom is 0.254 e. The summed E-state index contributed by atoms with van der Waals surface area (Å²) in [5, 5.41) is 0. The van der Waals surface area contributed by atoms with E-state index in [1.54, 1.807) is 14.2 Å². The van der Waals surface area contributed by atoms with Crippen LogP contribution in [0.25, 0.3) is 0 Å². The molecule has 102 valence electrons. The van der Waals surface area contributed by atoms with E-state index in [0.29, 0.717) is 0 Å². The molecule has 0 radical (unpaired) electrons. The molecule has 0 spiro atoms. The smallest absolute Gasteiger partial charge is 0.254 e. The maximum absolute atomic E-state index is 5.71. The third kappa shape index (κ3) is 1.16. The Morgan fingerprint density at radius 3 is 1.20 bits per heavy atom. The van der Waals surface area contributed by atoms with Gasteiger partial charge in [0.2, 0.25) is 0 Å². The van der Waals surface area contributed by atoms with Crippen LogP contribution in [0.2, 0.25) is 0 Å². The van der Waals surface area contributed by atoms with Crippen LogP contribution < -0.4 is 0 Å². The van der Waals surface area contributed by atoms with Crippen molar-refractivity contribution in [2.45, 2.75) is 11.6 Å². The van der Waals surface area contributed by atoms with Crippen LogP contribution in [-0.4, -0.2) is 14.2 Å². The molecule has 20 heavy (non-hydrogen) atoms. The monoisotopic (exact) mass is 270 g/mol. The van der Waals surface area contributed by atoms with Gasteiger partial charge in [0.1, 0.15) is 0 Å². The number of rotatable bonds is 2. The lowest BCUT2D eigenvalue weighted by Gasteiger charge is -2.50. The van der Waals surface area contributed by atoms with Crippen LogP contribution in [0.1, 0.15) is 22.3 Å². The van der Waals surface area contributed by atoms with Gasteiger partial charge in [0.05, 0.1) is 0 Å². The third-order valence-electron chi connectivity index (χ3n) is 4.12. The van der Waals surface area contributed by atoms with Gasteiger partial charge in [-0.2, -0.15) is 9.78 Å². The Balaban J connectivity index is 2.14. The number of fused-ring (bicyclic) bond motifs is 1. The number of hydrogen-bond donors (Lipinski definition) is 0. The molecule has 4 nitrogen and oxygen atoms in total. The van der Waals surface area contributed by atoms with Crippen LogP contribution in [0, 0.1) is 0 Å². The summed E-state index contributed by atoms with van der Waals surface area (Å²) in [5.74, 6) is -2.07. The summed E-state index contributed by atoms with van der Waals surface area (Å²) in [6.07, 6.45) is 0. The van der Waals surface area contributed by atoms with Gasteiger partial charge in [0.15, 0.2) is 0 Å². The molecular weight excluding hydrogens is 256 g/mol. The first-order valence-corrected chi connectivity index (χ1v) is 6.45. The summed E-state index contributed by atoms with van der Waals surface area (Å²) < 4.78 is 11.4. The van der Waals surface area contributed by atoms with Crippen LogP contribution in [0.5, 0.6) is 0 Å². The van der Waals surface area contributed by atoms with Gasteiger partial charge in [-0.15, -0.1) is 0 Å². The Labute approximate surface area is 116 Å². The second kappa shape index (κ2) is 3.90. The van der Waals surface area contributed by atoms with Crippen LogP contribution in [-0.2, 0) is 30.8 Å². The van der Waals surface area contributed by atoms with Crippen molar-refractivity contribution < 1.29 is 19.2 Å². The van der Waals surface area contributed by atoms with Crippen molar-refractivity contribution in [3.05, 3.63) is 70.8 Å². The molecule has 0 N–H and O–H groups in total. The quantitative estimate of drug-likeness (QED) is 0.786. The Bertz CT molecular complexity index is 574. The Morgan fingerprint density at radius 2 is 0.950 bits per heavy atom. The zero-order valence-electron chi connectivity index (χ0n) is 11.3. The molecular formula is C16H14O4. The predicted molar refractivity (Wildman–Crippen MR) is 70.6 cm³/mol. The first kappa shape index (κ1) is 12.1. The average molecular weight is 270 g/mol. The highest BCUT2D eigenvalue weighted by atomic mass is 17.3. The molecule has 2 bridgehead atoms. The normalized spacial score (nSPS) is 29.9. The summed E-state index contributed by atoms with van der Waals surface area (Å²) in [6, 6.07) is 15.7. The number of hydrogen-bond acceptors (Lipinski definition) is 4. The van der Waals surface area contributed by atoms with Gasteiger partial charge in [-0.1, -0.05) is 48.5 Å².